The van der Waals surface area contributed by atoms with Crippen molar-refractivity contribution in [2.45, 2.75) is 65.7 Å². The van der Waals surface area contributed by atoms with E-state index in [4.69, 9.17) is 4.42 Å². The van der Waals surface area contributed by atoms with E-state index in [1.54, 1.807) is 6.92 Å². The Morgan fingerprint density at radius 3 is 2.57 bits per heavy atom. The molecule has 0 saturated carbocycles. The monoisotopic (exact) mass is 322 g/mol. The number of carbonyl (C=O) groups is 1. The normalized spacial score (nSPS) is 11.5. The fraction of sp³-hybridized carbons (Fsp3) is 0.588. The van der Waals surface area contributed by atoms with Gasteiger partial charge in [0.2, 0.25) is 5.91 Å². The zero-order chi connectivity index (χ0) is 17.2. The number of hydrazone groups is 1. The van der Waals surface area contributed by atoms with Gasteiger partial charge in [-0.3, -0.25) is 4.79 Å². The van der Waals surface area contributed by atoms with Crippen molar-refractivity contribution < 1.29 is 14.3 Å². The third kappa shape index (κ3) is 6.67. The fourth-order valence-electron chi connectivity index (χ4n) is 2.25. The van der Waals surface area contributed by atoms with E-state index in [-0.39, 0.29) is 22.9 Å². The first-order valence-electron chi connectivity index (χ1n) is 8.13. The summed E-state index contributed by atoms with van der Waals surface area (Å²) in [6.45, 7) is 5.27. The van der Waals surface area contributed by atoms with E-state index in [0.29, 0.717) is 12.2 Å². The lowest BCUT2D eigenvalue weighted by Gasteiger charge is -2.04. The number of aryl methyl sites for hydroxylation is 1. The van der Waals surface area contributed by atoms with E-state index >= 15 is 0 Å². The number of unbranched alkanes of at least 4 members (excludes halogenated alkanes) is 5. The number of hydrogen-bond acceptors (Lipinski definition) is 5. The van der Waals surface area contributed by atoms with Gasteiger partial charge in [-0.2, -0.15) is 5.10 Å². The molecular formula is C17H26N2O4. The summed E-state index contributed by atoms with van der Waals surface area (Å²) in [6.07, 6.45) is 7.03. The van der Waals surface area contributed by atoms with Crippen molar-refractivity contribution in [2.75, 3.05) is 0 Å². The predicted molar refractivity (Wildman–Crippen MR) is 89.7 cm³/mol. The maximum absolute atomic E-state index is 11.7. The molecule has 0 aliphatic carbocycles. The second-order valence-corrected chi connectivity index (χ2v) is 5.65. The first-order chi connectivity index (χ1) is 11.0. The van der Waals surface area contributed by atoms with Crippen molar-refractivity contribution >= 4 is 11.6 Å². The van der Waals surface area contributed by atoms with Gasteiger partial charge in [-0.05, 0) is 20.3 Å². The summed E-state index contributed by atoms with van der Waals surface area (Å²) in [5.74, 6) is -0.0860. The molecule has 0 unspecified atom stereocenters. The molecule has 23 heavy (non-hydrogen) atoms. The lowest BCUT2D eigenvalue weighted by molar-refractivity contribution is -0.121. The van der Waals surface area contributed by atoms with Crippen molar-refractivity contribution in [1.29, 1.82) is 0 Å². The lowest BCUT2D eigenvalue weighted by atomic mass is 10.1. The van der Waals surface area contributed by atoms with Crippen LogP contribution in [-0.2, 0) is 4.79 Å². The van der Waals surface area contributed by atoms with Gasteiger partial charge in [0.15, 0.2) is 0 Å². The Kier molecular flexibility index (Phi) is 8.08. The molecular weight excluding hydrogens is 296 g/mol. The zero-order valence-electron chi connectivity index (χ0n) is 14.1. The van der Waals surface area contributed by atoms with Crippen molar-refractivity contribution in [2.24, 2.45) is 5.10 Å². The average Bonchev–Trinajstić information content (AvgIpc) is 2.47. The minimum absolute atomic E-state index is 0.0320. The van der Waals surface area contributed by atoms with Crippen molar-refractivity contribution in [3.63, 3.8) is 0 Å². The SMILES string of the molecule is CCCCCCCCC(=O)N/N=C(\C)c1c(O)cc(C)oc1=O. The first-order valence-corrected chi connectivity index (χ1v) is 8.13. The number of rotatable bonds is 9. The number of hydrogen-bond donors (Lipinski definition) is 2. The van der Waals surface area contributed by atoms with Crippen molar-refractivity contribution in [3.8, 4) is 5.75 Å². The van der Waals surface area contributed by atoms with Gasteiger partial charge >= 0.3 is 5.63 Å². The van der Waals surface area contributed by atoms with Crippen LogP contribution in [0.3, 0.4) is 0 Å². The summed E-state index contributed by atoms with van der Waals surface area (Å²) in [6, 6.07) is 1.34. The Balaban J connectivity index is 2.48. The van der Waals surface area contributed by atoms with Crippen LogP contribution in [0, 0.1) is 6.92 Å². The summed E-state index contributed by atoms with van der Waals surface area (Å²) in [5, 5.41) is 13.7. The van der Waals surface area contributed by atoms with Crippen LogP contribution in [0.25, 0.3) is 0 Å². The molecule has 0 radical (unpaired) electrons. The molecule has 0 aliphatic rings. The number of nitrogens with zero attached hydrogens (tertiary/aromatic N) is 1. The summed E-state index contributed by atoms with van der Waals surface area (Å²) in [7, 11) is 0. The van der Waals surface area contributed by atoms with Gasteiger partial charge in [0.1, 0.15) is 17.1 Å². The molecule has 0 spiro atoms. The van der Waals surface area contributed by atoms with Crippen LogP contribution in [-0.4, -0.2) is 16.7 Å². The van der Waals surface area contributed by atoms with E-state index in [2.05, 4.69) is 17.5 Å². The summed E-state index contributed by atoms with van der Waals surface area (Å²) in [5.41, 5.74) is 1.92. The van der Waals surface area contributed by atoms with Gasteiger partial charge < -0.3 is 9.52 Å². The third-order valence-electron chi connectivity index (χ3n) is 3.52. The molecule has 1 aromatic rings. The van der Waals surface area contributed by atoms with Gasteiger partial charge in [-0.25, -0.2) is 10.2 Å². The largest absolute Gasteiger partial charge is 0.507 e. The van der Waals surface area contributed by atoms with E-state index in [1.165, 1.54) is 32.3 Å². The van der Waals surface area contributed by atoms with Gasteiger partial charge in [-0.1, -0.05) is 39.0 Å². The number of amides is 1. The molecule has 0 bridgehead atoms. The smallest absolute Gasteiger partial charge is 0.348 e. The topological polar surface area (TPSA) is 91.9 Å². The molecule has 1 amide bonds. The highest BCUT2D eigenvalue weighted by molar-refractivity contribution is 6.01. The highest BCUT2D eigenvalue weighted by atomic mass is 16.4. The Hall–Kier alpha value is -2.11. The lowest BCUT2D eigenvalue weighted by Crippen LogP contribution is -2.21. The minimum Gasteiger partial charge on any atom is -0.507 e. The van der Waals surface area contributed by atoms with Crippen LogP contribution in [0.1, 0.15) is 70.1 Å². The highest BCUT2D eigenvalue weighted by Crippen LogP contribution is 2.15. The number of aromatic hydroxyl groups is 1. The van der Waals surface area contributed by atoms with E-state index < -0.39 is 5.63 Å². The van der Waals surface area contributed by atoms with Crippen LogP contribution < -0.4 is 11.1 Å². The Labute approximate surface area is 136 Å². The molecule has 2 N–H and O–H groups in total. The molecule has 6 nitrogen and oxygen atoms in total. The summed E-state index contributed by atoms with van der Waals surface area (Å²) >= 11 is 0. The molecule has 0 atom stereocenters. The third-order valence-corrected chi connectivity index (χ3v) is 3.52. The van der Waals surface area contributed by atoms with Gasteiger partial charge in [-0.15, -0.1) is 0 Å². The maximum Gasteiger partial charge on any atom is 0.348 e. The Morgan fingerprint density at radius 1 is 1.26 bits per heavy atom. The highest BCUT2D eigenvalue weighted by Gasteiger charge is 2.13. The second-order valence-electron chi connectivity index (χ2n) is 5.65. The molecule has 1 heterocycles. The molecule has 128 valence electrons. The molecule has 1 rings (SSSR count). The summed E-state index contributed by atoms with van der Waals surface area (Å²) in [4.78, 5) is 23.4. The predicted octanol–water partition coefficient (Wildman–Crippen LogP) is 3.24. The van der Waals surface area contributed by atoms with Crippen LogP contribution in [0.4, 0.5) is 0 Å². The van der Waals surface area contributed by atoms with Gasteiger partial charge in [0.25, 0.3) is 0 Å². The maximum atomic E-state index is 11.7. The molecule has 6 heteroatoms. The van der Waals surface area contributed by atoms with Crippen LogP contribution in [0.15, 0.2) is 20.4 Å². The van der Waals surface area contributed by atoms with Gasteiger partial charge in [0, 0.05) is 12.5 Å². The van der Waals surface area contributed by atoms with Gasteiger partial charge in [0.05, 0.1) is 5.71 Å². The van der Waals surface area contributed by atoms with Crippen molar-refractivity contribution in [1.82, 2.24) is 5.43 Å². The molecule has 1 aromatic heterocycles. The van der Waals surface area contributed by atoms with E-state index in [9.17, 15) is 14.7 Å². The molecule has 0 aromatic carbocycles. The quantitative estimate of drug-likeness (QED) is 0.415. The van der Waals surface area contributed by atoms with Crippen LogP contribution in [0.2, 0.25) is 0 Å². The van der Waals surface area contributed by atoms with E-state index in [0.717, 1.165) is 19.3 Å². The zero-order valence-corrected chi connectivity index (χ0v) is 14.1. The van der Waals surface area contributed by atoms with Crippen LogP contribution in [0.5, 0.6) is 5.75 Å². The average molecular weight is 322 g/mol. The minimum atomic E-state index is -0.672. The standard InChI is InChI=1S/C17H26N2O4/c1-4-5-6-7-8-9-10-15(21)19-18-13(3)16-14(20)11-12(2)23-17(16)22/h11,20H,4-10H2,1-3H3,(H,19,21)/b18-13+. The van der Waals surface area contributed by atoms with E-state index in [1.807, 2.05) is 0 Å². The second kappa shape index (κ2) is 9.82. The summed E-state index contributed by atoms with van der Waals surface area (Å²) < 4.78 is 4.92. The molecule has 0 saturated heterocycles. The Bertz CT molecular complexity index is 605. The Morgan fingerprint density at radius 2 is 1.91 bits per heavy atom. The number of nitrogens with one attached hydrogen (secondary N) is 1. The molecule has 0 fully saturated rings. The fourth-order valence-corrected chi connectivity index (χ4v) is 2.25. The molecule has 0 aliphatic heterocycles. The van der Waals surface area contributed by atoms with Crippen LogP contribution >= 0.6 is 0 Å². The van der Waals surface area contributed by atoms with Crippen molar-refractivity contribution in [3.05, 3.63) is 27.8 Å². The number of carbonyl (C=O) groups excluding carboxylic acids is 1. The first kappa shape index (κ1) is 18.9.